The fraction of sp³-hybridized carbons (Fsp3) is 0.143. The summed E-state index contributed by atoms with van der Waals surface area (Å²) in [6.45, 7) is 0. The van der Waals surface area contributed by atoms with Crippen LogP contribution >= 0.6 is 27.5 Å². The lowest BCUT2D eigenvalue weighted by atomic mass is 10.0. The zero-order chi connectivity index (χ0) is 14.9. The average Bonchev–Trinajstić information content (AvgIpc) is 2.39. The SMILES string of the molecule is OC(Cc1ccc(F)cc1F)c1ccc(Br)c(Cl)c1F. The molecule has 0 aromatic heterocycles. The Kier molecular flexibility index (Phi) is 4.73. The highest BCUT2D eigenvalue weighted by Crippen LogP contribution is 2.31. The topological polar surface area (TPSA) is 20.2 Å². The van der Waals surface area contributed by atoms with E-state index < -0.39 is 23.6 Å². The molecule has 1 nitrogen and oxygen atoms in total. The zero-order valence-electron chi connectivity index (χ0n) is 10.0. The van der Waals surface area contributed by atoms with Crippen molar-refractivity contribution < 1.29 is 18.3 Å². The summed E-state index contributed by atoms with van der Waals surface area (Å²) in [4.78, 5) is 0. The molecule has 1 unspecified atom stereocenters. The van der Waals surface area contributed by atoms with Gasteiger partial charge in [0.25, 0.3) is 0 Å². The van der Waals surface area contributed by atoms with Crippen molar-refractivity contribution in [2.24, 2.45) is 0 Å². The lowest BCUT2D eigenvalue weighted by molar-refractivity contribution is 0.172. The molecular formula is C14H9BrClF3O. The third kappa shape index (κ3) is 3.16. The number of rotatable bonds is 3. The van der Waals surface area contributed by atoms with E-state index in [9.17, 15) is 18.3 Å². The van der Waals surface area contributed by atoms with E-state index >= 15 is 0 Å². The molecule has 2 aromatic carbocycles. The van der Waals surface area contributed by atoms with Crippen LogP contribution in [0.15, 0.2) is 34.8 Å². The van der Waals surface area contributed by atoms with Crippen molar-refractivity contribution >= 4 is 27.5 Å². The van der Waals surface area contributed by atoms with E-state index in [1.54, 1.807) is 0 Å². The molecule has 2 aromatic rings. The highest BCUT2D eigenvalue weighted by Gasteiger charge is 2.19. The fourth-order valence-electron chi connectivity index (χ4n) is 1.80. The van der Waals surface area contributed by atoms with E-state index in [1.165, 1.54) is 18.2 Å². The minimum atomic E-state index is -1.28. The summed E-state index contributed by atoms with van der Waals surface area (Å²) in [5.74, 6) is -2.26. The van der Waals surface area contributed by atoms with Gasteiger partial charge in [-0.15, -0.1) is 0 Å². The van der Waals surface area contributed by atoms with E-state index in [2.05, 4.69) is 15.9 Å². The Morgan fingerprint density at radius 1 is 1.15 bits per heavy atom. The van der Waals surface area contributed by atoms with Gasteiger partial charge in [0.15, 0.2) is 0 Å². The van der Waals surface area contributed by atoms with Gasteiger partial charge in [0, 0.05) is 22.5 Å². The number of benzene rings is 2. The van der Waals surface area contributed by atoms with Crippen molar-refractivity contribution in [2.75, 3.05) is 0 Å². The third-order valence-electron chi connectivity index (χ3n) is 2.85. The molecule has 0 heterocycles. The lowest BCUT2D eigenvalue weighted by Crippen LogP contribution is -2.06. The molecule has 0 amide bonds. The molecule has 0 saturated carbocycles. The van der Waals surface area contributed by atoms with Gasteiger partial charge in [0.05, 0.1) is 11.1 Å². The number of aliphatic hydroxyl groups excluding tert-OH is 1. The summed E-state index contributed by atoms with van der Waals surface area (Å²) in [7, 11) is 0. The van der Waals surface area contributed by atoms with Crippen LogP contribution in [-0.4, -0.2) is 5.11 Å². The van der Waals surface area contributed by atoms with Crippen LogP contribution in [0.3, 0.4) is 0 Å². The van der Waals surface area contributed by atoms with Gasteiger partial charge in [0.2, 0.25) is 0 Å². The summed E-state index contributed by atoms with van der Waals surface area (Å²) in [5.41, 5.74) is 0.0549. The van der Waals surface area contributed by atoms with Gasteiger partial charge in [-0.3, -0.25) is 0 Å². The van der Waals surface area contributed by atoms with Crippen LogP contribution in [0.2, 0.25) is 5.02 Å². The summed E-state index contributed by atoms with van der Waals surface area (Å²) >= 11 is 8.79. The van der Waals surface area contributed by atoms with Gasteiger partial charge >= 0.3 is 0 Å². The summed E-state index contributed by atoms with van der Waals surface area (Å²) in [5, 5.41) is 9.84. The molecule has 1 N–H and O–H groups in total. The zero-order valence-corrected chi connectivity index (χ0v) is 12.4. The van der Waals surface area contributed by atoms with Crippen LogP contribution < -0.4 is 0 Å². The highest BCUT2D eigenvalue weighted by molar-refractivity contribution is 9.10. The van der Waals surface area contributed by atoms with Crippen LogP contribution in [-0.2, 0) is 6.42 Å². The third-order valence-corrected chi connectivity index (χ3v) is 4.11. The normalized spacial score (nSPS) is 12.5. The number of hydrogen-bond donors (Lipinski definition) is 1. The first-order valence-electron chi connectivity index (χ1n) is 5.65. The summed E-state index contributed by atoms with van der Waals surface area (Å²) in [6.07, 6.45) is -1.46. The number of aliphatic hydroxyl groups is 1. The van der Waals surface area contributed by atoms with Crippen molar-refractivity contribution in [1.82, 2.24) is 0 Å². The largest absolute Gasteiger partial charge is 0.388 e. The molecule has 0 aliphatic rings. The Hall–Kier alpha value is -1.04. The van der Waals surface area contributed by atoms with Gasteiger partial charge in [-0.1, -0.05) is 23.7 Å². The highest BCUT2D eigenvalue weighted by atomic mass is 79.9. The Bertz CT molecular complexity index is 649. The molecule has 0 fully saturated rings. The Labute approximate surface area is 127 Å². The van der Waals surface area contributed by atoms with Gasteiger partial charge < -0.3 is 5.11 Å². The van der Waals surface area contributed by atoms with E-state index in [1.807, 2.05) is 0 Å². The van der Waals surface area contributed by atoms with Crippen LogP contribution in [0.1, 0.15) is 17.2 Å². The summed E-state index contributed by atoms with van der Waals surface area (Å²) in [6, 6.07) is 5.86. The molecule has 0 saturated heterocycles. The number of hydrogen-bond acceptors (Lipinski definition) is 1. The average molecular weight is 366 g/mol. The Morgan fingerprint density at radius 3 is 2.50 bits per heavy atom. The molecule has 0 aliphatic heterocycles. The predicted octanol–water partition coefficient (Wildman–Crippen LogP) is 4.80. The van der Waals surface area contributed by atoms with Gasteiger partial charge in [0.1, 0.15) is 17.5 Å². The second-order valence-electron chi connectivity index (χ2n) is 4.22. The van der Waals surface area contributed by atoms with Crippen molar-refractivity contribution in [3.05, 3.63) is 68.4 Å². The first-order valence-corrected chi connectivity index (χ1v) is 6.82. The van der Waals surface area contributed by atoms with E-state index in [0.29, 0.717) is 10.5 Å². The maximum Gasteiger partial charge on any atom is 0.148 e. The summed E-state index contributed by atoms with van der Waals surface area (Å²) < 4.78 is 40.5. The van der Waals surface area contributed by atoms with Crippen molar-refractivity contribution in [1.29, 1.82) is 0 Å². The Morgan fingerprint density at radius 2 is 1.85 bits per heavy atom. The first-order chi connectivity index (χ1) is 9.40. The molecule has 20 heavy (non-hydrogen) atoms. The molecule has 0 bridgehead atoms. The molecule has 6 heteroatoms. The molecule has 1 atom stereocenters. The van der Waals surface area contributed by atoms with E-state index in [-0.39, 0.29) is 22.6 Å². The predicted molar refractivity (Wildman–Crippen MR) is 74.1 cm³/mol. The molecule has 0 spiro atoms. The molecular weight excluding hydrogens is 357 g/mol. The van der Waals surface area contributed by atoms with E-state index in [0.717, 1.165) is 6.07 Å². The van der Waals surface area contributed by atoms with Gasteiger partial charge in [-0.25, -0.2) is 13.2 Å². The van der Waals surface area contributed by atoms with Crippen LogP contribution in [0.4, 0.5) is 13.2 Å². The maximum atomic E-state index is 13.9. The van der Waals surface area contributed by atoms with Crippen molar-refractivity contribution in [2.45, 2.75) is 12.5 Å². The van der Waals surface area contributed by atoms with Crippen molar-refractivity contribution in [3.8, 4) is 0 Å². The maximum absolute atomic E-state index is 13.9. The minimum absolute atomic E-state index is 0.0399. The smallest absolute Gasteiger partial charge is 0.148 e. The first kappa shape index (κ1) is 15.4. The lowest BCUT2D eigenvalue weighted by Gasteiger charge is -2.14. The van der Waals surface area contributed by atoms with Gasteiger partial charge in [-0.2, -0.15) is 0 Å². The second kappa shape index (κ2) is 6.16. The minimum Gasteiger partial charge on any atom is -0.388 e. The van der Waals surface area contributed by atoms with Crippen LogP contribution in [0, 0.1) is 17.5 Å². The van der Waals surface area contributed by atoms with Gasteiger partial charge in [-0.05, 0) is 33.6 Å². The van der Waals surface area contributed by atoms with E-state index in [4.69, 9.17) is 11.6 Å². The van der Waals surface area contributed by atoms with Crippen LogP contribution in [0.5, 0.6) is 0 Å². The molecule has 2 rings (SSSR count). The van der Waals surface area contributed by atoms with Crippen molar-refractivity contribution in [3.63, 3.8) is 0 Å². The standard InChI is InChI=1S/C14H9BrClF3O/c15-10-4-3-9(14(19)13(10)16)12(20)5-7-1-2-8(17)6-11(7)18/h1-4,6,12,20H,5H2. The van der Waals surface area contributed by atoms with Crippen LogP contribution in [0.25, 0.3) is 0 Å². The number of halogens is 5. The quantitative estimate of drug-likeness (QED) is 0.775. The fourth-order valence-corrected chi connectivity index (χ4v) is 2.28. The molecule has 0 radical (unpaired) electrons. The monoisotopic (exact) mass is 364 g/mol. The Balaban J connectivity index is 2.28. The molecule has 106 valence electrons. The molecule has 0 aliphatic carbocycles. The second-order valence-corrected chi connectivity index (χ2v) is 5.45.